The fourth-order valence-electron chi connectivity index (χ4n) is 1.65. The minimum Gasteiger partial charge on any atom is -0.327 e. The zero-order valence-corrected chi connectivity index (χ0v) is 9.82. The average Bonchev–Trinajstić information content (AvgIpc) is 2.63. The highest BCUT2D eigenvalue weighted by Gasteiger charge is 2.09. The molecule has 1 aromatic rings. The molecule has 0 saturated heterocycles. The summed E-state index contributed by atoms with van der Waals surface area (Å²) >= 11 is 0. The van der Waals surface area contributed by atoms with Gasteiger partial charge in [-0.05, 0) is 12.8 Å². The average molecular weight is 210 g/mol. The first kappa shape index (κ1) is 12.2. The van der Waals surface area contributed by atoms with Crippen molar-refractivity contribution in [3.05, 3.63) is 12.2 Å². The molecule has 0 radical (unpaired) electrons. The quantitative estimate of drug-likeness (QED) is 0.746. The van der Waals surface area contributed by atoms with Crippen LogP contribution in [0.25, 0.3) is 0 Å². The molecule has 1 aromatic heterocycles. The molecule has 1 unspecified atom stereocenters. The fourth-order valence-corrected chi connectivity index (χ4v) is 1.65. The van der Waals surface area contributed by atoms with Crippen LogP contribution in [0.4, 0.5) is 0 Å². The number of rotatable bonds is 7. The van der Waals surface area contributed by atoms with E-state index >= 15 is 0 Å². The summed E-state index contributed by atoms with van der Waals surface area (Å²) in [6.07, 6.45) is 7.03. The van der Waals surface area contributed by atoms with Gasteiger partial charge in [0.05, 0.1) is 0 Å². The molecule has 1 atom stereocenters. The molecule has 0 saturated carbocycles. The molecule has 0 amide bonds. The molecule has 0 aromatic carbocycles. The van der Waals surface area contributed by atoms with E-state index in [1.807, 2.05) is 4.68 Å². The summed E-state index contributed by atoms with van der Waals surface area (Å²) in [5.41, 5.74) is 6.03. The van der Waals surface area contributed by atoms with E-state index in [0.717, 1.165) is 31.6 Å². The topological polar surface area (TPSA) is 56.7 Å². The Hall–Kier alpha value is -0.900. The van der Waals surface area contributed by atoms with Gasteiger partial charge in [0.25, 0.3) is 0 Å². The van der Waals surface area contributed by atoms with Crippen molar-refractivity contribution in [2.45, 2.75) is 58.5 Å². The van der Waals surface area contributed by atoms with Gasteiger partial charge in [-0.15, -0.1) is 0 Å². The summed E-state index contributed by atoms with van der Waals surface area (Å²) in [7, 11) is 0. The van der Waals surface area contributed by atoms with E-state index in [4.69, 9.17) is 5.73 Å². The first-order chi connectivity index (χ1) is 7.27. The maximum absolute atomic E-state index is 6.03. The van der Waals surface area contributed by atoms with Crippen molar-refractivity contribution in [1.29, 1.82) is 0 Å². The lowest BCUT2D eigenvalue weighted by Gasteiger charge is -2.10. The standard InChI is InChI=1S/C11H22N4/c1-3-5-6-10(12)8-11-13-9-14-15(11)7-4-2/h9-10H,3-8,12H2,1-2H3. The molecule has 0 aliphatic heterocycles. The first-order valence-corrected chi connectivity index (χ1v) is 5.90. The van der Waals surface area contributed by atoms with Gasteiger partial charge in [0.2, 0.25) is 0 Å². The van der Waals surface area contributed by atoms with Gasteiger partial charge in [-0.2, -0.15) is 5.10 Å². The van der Waals surface area contributed by atoms with Crippen molar-refractivity contribution in [3.63, 3.8) is 0 Å². The summed E-state index contributed by atoms with van der Waals surface area (Å²) in [4.78, 5) is 4.25. The van der Waals surface area contributed by atoms with Crippen LogP contribution in [0.2, 0.25) is 0 Å². The monoisotopic (exact) mass is 210 g/mol. The Morgan fingerprint density at radius 1 is 1.40 bits per heavy atom. The van der Waals surface area contributed by atoms with Gasteiger partial charge >= 0.3 is 0 Å². The maximum Gasteiger partial charge on any atom is 0.138 e. The molecule has 0 aliphatic carbocycles. The number of hydrogen-bond acceptors (Lipinski definition) is 3. The van der Waals surface area contributed by atoms with Crippen molar-refractivity contribution in [1.82, 2.24) is 14.8 Å². The number of hydrogen-bond donors (Lipinski definition) is 1. The van der Waals surface area contributed by atoms with Gasteiger partial charge < -0.3 is 5.73 Å². The Balaban J connectivity index is 2.44. The summed E-state index contributed by atoms with van der Waals surface area (Å²) < 4.78 is 1.96. The molecule has 0 bridgehead atoms. The molecule has 15 heavy (non-hydrogen) atoms. The smallest absolute Gasteiger partial charge is 0.138 e. The van der Waals surface area contributed by atoms with Crippen LogP contribution in [-0.2, 0) is 13.0 Å². The van der Waals surface area contributed by atoms with Crippen LogP contribution in [0.1, 0.15) is 45.4 Å². The van der Waals surface area contributed by atoms with Crippen molar-refractivity contribution in [2.75, 3.05) is 0 Å². The van der Waals surface area contributed by atoms with Crippen LogP contribution in [0, 0.1) is 0 Å². The lowest BCUT2D eigenvalue weighted by atomic mass is 10.1. The van der Waals surface area contributed by atoms with E-state index in [1.54, 1.807) is 6.33 Å². The minimum absolute atomic E-state index is 0.227. The van der Waals surface area contributed by atoms with Crippen LogP contribution >= 0.6 is 0 Å². The molecule has 0 aliphatic rings. The Morgan fingerprint density at radius 2 is 2.20 bits per heavy atom. The number of aryl methyl sites for hydroxylation is 1. The Morgan fingerprint density at radius 3 is 2.87 bits per heavy atom. The van der Waals surface area contributed by atoms with Crippen LogP contribution < -0.4 is 5.73 Å². The molecule has 0 fully saturated rings. The van der Waals surface area contributed by atoms with E-state index in [2.05, 4.69) is 23.9 Å². The van der Waals surface area contributed by atoms with Crippen molar-refractivity contribution in [2.24, 2.45) is 5.73 Å². The molecule has 4 nitrogen and oxygen atoms in total. The van der Waals surface area contributed by atoms with Gasteiger partial charge in [0.1, 0.15) is 12.2 Å². The third kappa shape index (κ3) is 4.00. The third-order valence-electron chi connectivity index (χ3n) is 2.50. The summed E-state index contributed by atoms with van der Waals surface area (Å²) in [5.74, 6) is 1.03. The Labute approximate surface area is 91.9 Å². The van der Waals surface area contributed by atoms with E-state index in [9.17, 15) is 0 Å². The van der Waals surface area contributed by atoms with Crippen LogP contribution in [0.15, 0.2) is 6.33 Å². The largest absolute Gasteiger partial charge is 0.327 e. The molecule has 0 spiro atoms. The second-order valence-electron chi connectivity index (χ2n) is 4.01. The number of unbranched alkanes of at least 4 members (excludes halogenated alkanes) is 1. The van der Waals surface area contributed by atoms with Crippen molar-refractivity contribution < 1.29 is 0 Å². The molecule has 4 heteroatoms. The summed E-state index contributed by atoms with van der Waals surface area (Å²) in [6.45, 7) is 5.27. The molecule has 1 heterocycles. The molecule has 1 rings (SSSR count). The lowest BCUT2D eigenvalue weighted by molar-refractivity contribution is 0.515. The third-order valence-corrected chi connectivity index (χ3v) is 2.50. The summed E-state index contributed by atoms with van der Waals surface area (Å²) in [6, 6.07) is 0.227. The van der Waals surface area contributed by atoms with Gasteiger partial charge in [-0.1, -0.05) is 26.7 Å². The fraction of sp³-hybridized carbons (Fsp3) is 0.818. The number of nitrogens with zero attached hydrogens (tertiary/aromatic N) is 3. The van der Waals surface area contributed by atoms with Crippen LogP contribution in [0.5, 0.6) is 0 Å². The molecular weight excluding hydrogens is 188 g/mol. The predicted molar refractivity (Wildman–Crippen MR) is 61.5 cm³/mol. The van der Waals surface area contributed by atoms with E-state index in [1.165, 1.54) is 12.8 Å². The van der Waals surface area contributed by atoms with Gasteiger partial charge in [0, 0.05) is 19.0 Å². The van der Waals surface area contributed by atoms with Crippen molar-refractivity contribution >= 4 is 0 Å². The zero-order valence-electron chi connectivity index (χ0n) is 9.82. The minimum atomic E-state index is 0.227. The summed E-state index contributed by atoms with van der Waals surface area (Å²) in [5, 5.41) is 4.19. The number of nitrogens with two attached hydrogens (primary N) is 1. The molecule has 86 valence electrons. The van der Waals surface area contributed by atoms with E-state index in [-0.39, 0.29) is 6.04 Å². The van der Waals surface area contributed by atoms with Gasteiger partial charge in [-0.3, -0.25) is 4.68 Å². The Kier molecular flexibility index (Phi) is 5.32. The highest BCUT2D eigenvalue weighted by Crippen LogP contribution is 2.05. The van der Waals surface area contributed by atoms with Gasteiger partial charge in [0.15, 0.2) is 0 Å². The lowest BCUT2D eigenvalue weighted by Crippen LogP contribution is -2.24. The van der Waals surface area contributed by atoms with E-state index in [0.29, 0.717) is 0 Å². The van der Waals surface area contributed by atoms with Gasteiger partial charge in [-0.25, -0.2) is 4.98 Å². The number of aromatic nitrogens is 3. The first-order valence-electron chi connectivity index (χ1n) is 5.90. The van der Waals surface area contributed by atoms with Crippen molar-refractivity contribution in [3.8, 4) is 0 Å². The highest BCUT2D eigenvalue weighted by molar-refractivity contribution is 4.88. The predicted octanol–water partition coefficient (Wildman–Crippen LogP) is 1.75. The maximum atomic E-state index is 6.03. The normalized spacial score (nSPS) is 13.0. The van der Waals surface area contributed by atoms with E-state index < -0.39 is 0 Å². The SMILES string of the molecule is CCCCC(N)Cc1ncnn1CCC. The Bertz CT molecular complexity index is 269. The molecular formula is C11H22N4. The highest BCUT2D eigenvalue weighted by atomic mass is 15.3. The van der Waals surface area contributed by atoms with Crippen LogP contribution in [-0.4, -0.2) is 20.8 Å². The second-order valence-corrected chi connectivity index (χ2v) is 4.01. The zero-order chi connectivity index (χ0) is 11.1. The second kappa shape index (κ2) is 6.56. The van der Waals surface area contributed by atoms with Crippen LogP contribution in [0.3, 0.4) is 0 Å². The molecule has 2 N–H and O–H groups in total.